The predicted octanol–water partition coefficient (Wildman–Crippen LogP) is 18.1. The Labute approximate surface area is 342 Å². The Kier molecular flexibility index (Phi) is 26.1. The third-order valence-corrected chi connectivity index (χ3v) is 12.3. The van der Waals surface area contributed by atoms with Crippen LogP contribution in [0.5, 0.6) is 0 Å². The highest BCUT2D eigenvalue weighted by atomic mass is 15.2. The average Bonchev–Trinajstić information content (AvgIpc) is 3.49. The van der Waals surface area contributed by atoms with Gasteiger partial charge in [-0.25, -0.2) is 4.70 Å². The highest BCUT2D eigenvalue weighted by Gasteiger charge is 2.34. The van der Waals surface area contributed by atoms with Crippen LogP contribution >= 0.6 is 0 Å². The zero-order valence-electron chi connectivity index (χ0n) is 36.8. The minimum absolute atomic E-state index is 0.930. The third kappa shape index (κ3) is 18.6. The van der Waals surface area contributed by atoms with Gasteiger partial charge in [0, 0.05) is 22.3 Å². The number of allylic oxidation sites excluding steroid dienone is 2. The van der Waals surface area contributed by atoms with Crippen LogP contribution < -0.4 is 0 Å². The van der Waals surface area contributed by atoms with E-state index in [1.807, 2.05) is 0 Å². The first-order valence-corrected chi connectivity index (χ1v) is 24.3. The number of nitrogens with zero attached hydrogens (tertiary/aromatic N) is 2. The van der Waals surface area contributed by atoms with Gasteiger partial charge >= 0.3 is 0 Å². The second-order valence-electron chi connectivity index (χ2n) is 17.2. The van der Waals surface area contributed by atoms with Gasteiger partial charge in [0.05, 0.1) is 0 Å². The van der Waals surface area contributed by atoms with Crippen LogP contribution in [-0.4, -0.2) is 4.70 Å². The molecule has 0 aromatic heterocycles. The second-order valence-corrected chi connectivity index (χ2v) is 17.2. The van der Waals surface area contributed by atoms with Crippen molar-refractivity contribution < 1.29 is 4.70 Å². The zero-order chi connectivity index (χ0) is 39.2. The lowest BCUT2D eigenvalue weighted by Gasteiger charge is -2.11. The molecule has 0 saturated heterocycles. The Balaban J connectivity index is 1.33. The summed E-state index contributed by atoms with van der Waals surface area (Å²) in [5, 5.41) is 0. The Bertz CT molecular complexity index is 1360. The van der Waals surface area contributed by atoms with Crippen LogP contribution in [0, 0.1) is 0 Å². The molecule has 3 rings (SSSR count). The van der Waals surface area contributed by atoms with Gasteiger partial charge in [0.25, 0.3) is 0 Å². The lowest BCUT2D eigenvalue weighted by molar-refractivity contribution is -0.345. The summed E-state index contributed by atoms with van der Waals surface area (Å²) >= 11 is 0. The minimum atomic E-state index is 0.930. The van der Waals surface area contributed by atoms with E-state index in [0.717, 1.165) is 48.2 Å². The molecular formula is C53H86N2. The molecule has 0 aliphatic carbocycles. The summed E-state index contributed by atoms with van der Waals surface area (Å²) in [4.78, 5) is 0. The number of unbranched alkanes of at least 4 members (excludes halogenated alkanes) is 26. The maximum atomic E-state index is 12.0. The van der Waals surface area contributed by atoms with Gasteiger partial charge in [-0.2, -0.15) is 0 Å². The number of aryl methyl sites for hydroxylation is 2. The summed E-state index contributed by atoms with van der Waals surface area (Å²) in [7, 11) is 0. The van der Waals surface area contributed by atoms with Crippen molar-refractivity contribution in [3.8, 4) is 0 Å². The highest BCUT2D eigenvalue weighted by molar-refractivity contribution is 5.82. The van der Waals surface area contributed by atoms with Crippen molar-refractivity contribution in [1.82, 2.24) is 0 Å². The Morgan fingerprint density at radius 2 is 0.691 bits per heavy atom. The van der Waals surface area contributed by atoms with Crippen molar-refractivity contribution in [2.24, 2.45) is 0 Å². The molecule has 55 heavy (non-hydrogen) atoms. The molecular weight excluding hydrogens is 665 g/mol. The molecule has 0 saturated carbocycles. The molecule has 1 aliphatic rings. The van der Waals surface area contributed by atoms with Gasteiger partial charge < -0.3 is 5.53 Å². The maximum absolute atomic E-state index is 12.0. The van der Waals surface area contributed by atoms with Gasteiger partial charge in [-0.1, -0.05) is 219 Å². The molecule has 2 aromatic carbocycles. The van der Waals surface area contributed by atoms with E-state index in [-0.39, 0.29) is 0 Å². The molecule has 1 heterocycles. The molecule has 0 unspecified atom stereocenters. The van der Waals surface area contributed by atoms with Crippen LogP contribution in [0.25, 0.3) is 16.9 Å². The minimum Gasteiger partial charge on any atom is -0.493 e. The Morgan fingerprint density at radius 1 is 0.364 bits per heavy atom. The van der Waals surface area contributed by atoms with Gasteiger partial charge in [0.2, 0.25) is 11.4 Å². The number of rotatable bonds is 35. The van der Waals surface area contributed by atoms with Crippen molar-refractivity contribution in [2.45, 2.75) is 240 Å². The fraction of sp³-hybridized carbons (Fsp3) is 0.698. The molecule has 0 N–H and O–H groups in total. The first-order chi connectivity index (χ1) is 27.1. The Hall–Kier alpha value is -2.48. The molecule has 0 amide bonds. The molecule has 0 atom stereocenters. The number of hydrogen-bond acceptors (Lipinski definition) is 0. The molecule has 308 valence electrons. The van der Waals surface area contributed by atoms with Gasteiger partial charge in [-0.3, -0.25) is 0 Å². The predicted molar refractivity (Wildman–Crippen MR) is 244 cm³/mol. The van der Waals surface area contributed by atoms with E-state index < -0.39 is 0 Å². The van der Waals surface area contributed by atoms with Crippen molar-refractivity contribution in [2.75, 3.05) is 0 Å². The SMILES string of the molecule is CCCCCCCCCCCCCCCCCCCCCCCCCCCC1=C(c2cccc(CCCC)c2)[N+](=[N-])C(c2cccc(CCCC)c2)=C1CC. The van der Waals surface area contributed by atoms with Crippen LogP contribution in [0.15, 0.2) is 59.7 Å². The first kappa shape index (κ1) is 46.9. The van der Waals surface area contributed by atoms with E-state index in [2.05, 4.69) is 76.2 Å². The molecule has 0 radical (unpaired) electrons. The van der Waals surface area contributed by atoms with Crippen molar-refractivity contribution in [3.63, 3.8) is 0 Å². The van der Waals surface area contributed by atoms with Gasteiger partial charge in [0.15, 0.2) is 0 Å². The van der Waals surface area contributed by atoms with Crippen LogP contribution in [0.1, 0.15) is 249 Å². The fourth-order valence-corrected chi connectivity index (χ4v) is 8.85. The summed E-state index contributed by atoms with van der Waals surface area (Å²) in [6.45, 7) is 9.10. The summed E-state index contributed by atoms with van der Waals surface area (Å²) in [6.07, 6.45) is 44.5. The first-order valence-electron chi connectivity index (χ1n) is 24.3. The maximum Gasteiger partial charge on any atom is 0.211 e. The molecule has 1 aliphatic heterocycles. The molecule has 0 spiro atoms. The lowest BCUT2D eigenvalue weighted by atomic mass is 9.92. The van der Waals surface area contributed by atoms with Gasteiger partial charge in [-0.05, 0) is 80.3 Å². The smallest absolute Gasteiger partial charge is 0.211 e. The van der Waals surface area contributed by atoms with Crippen molar-refractivity contribution in [1.29, 1.82) is 0 Å². The van der Waals surface area contributed by atoms with Crippen LogP contribution in [0.4, 0.5) is 0 Å². The second kappa shape index (κ2) is 30.6. The zero-order valence-corrected chi connectivity index (χ0v) is 36.8. The van der Waals surface area contributed by atoms with Crippen molar-refractivity contribution in [3.05, 3.63) is 87.5 Å². The normalized spacial score (nSPS) is 13.2. The molecule has 2 aromatic rings. The summed E-state index contributed by atoms with van der Waals surface area (Å²) < 4.78 is 1.56. The summed E-state index contributed by atoms with van der Waals surface area (Å²) in [6, 6.07) is 17.9. The molecule has 2 nitrogen and oxygen atoms in total. The molecule has 2 heteroatoms. The highest BCUT2D eigenvalue weighted by Crippen LogP contribution is 2.44. The van der Waals surface area contributed by atoms with E-state index in [4.69, 9.17) is 0 Å². The standard InChI is InChI=1S/C53H86N2/c1-5-9-12-13-14-15-16-17-18-19-20-21-22-23-24-25-26-27-28-29-30-31-32-33-34-43-51-50(8-4)52(48-41-35-39-46(44-48)37-10-6-2)55(54)53(51)49-42-36-40-47(45-49)38-11-7-3/h35-36,39-42,44-45H,5-34,37-38,43H2,1-4H3. The van der Waals surface area contributed by atoms with Crippen LogP contribution in [0.2, 0.25) is 0 Å². The van der Waals surface area contributed by atoms with E-state index in [0.29, 0.717) is 0 Å². The third-order valence-electron chi connectivity index (χ3n) is 12.3. The Morgan fingerprint density at radius 3 is 1.04 bits per heavy atom. The van der Waals surface area contributed by atoms with Gasteiger partial charge in [0.1, 0.15) is 0 Å². The average molecular weight is 751 g/mol. The monoisotopic (exact) mass is 751 g/mol. The number of benzene rings is 2. The van der Waals surface area contributed by atoms with E-state index >= 15 is 0 Å². The molecule has 0 bridgehead atoms. The van der Waals surface area contributed by atoms with Gasteiger partial charge in [-0.15, -0.1) is 0 Å². The van der Waals surface area contributed by atoms with Crippen LogP contribution in [0.3, 0.4) is 0 Å². The largest absolute Gasteiger partial charge is 0.493 e. The van der Waals surface area contributed by atoms with E-state index in [9.17, 15) is 5.53 Å². The van der Waals surface area contributed by atoms with E-state index in [1.54, 1.807) is 4.70 Å². The van der Waals surface area contributed by atoms with E-state index in [1.165, 1.54) is 208 Å². The topological polar surface area (TPSA) is 25.3 Å². The molecule has 0 fully saturated rings. The lowest BCUT2D eigenvalue weighted by Crippen LogP contribution is -2.03. The summed E-state index contributed by atoms with van der Waals surface area (Å²) in [5.41, 5.74) is 21.7. The summed E-state index contributed by atoms with van der Waals surface area (Å²) in [5.74, 6) is 0. The quantitative estimate of drug-likeness (QED) is 0.0495. The number of hydrogen-bond donors (Lipinski definition) is 0. The van der Waals surface area contributed by atoms with Crippen LogP contribution in [-0.2, 0) is 12.8 Å². The van der Waals surface area contributed by atoms with Crippen molar-refractivity contribution >= 4 is 11.4 Å². The fourth-order valence-electron chi connectivity index (χ4n) is 8.85.